The van der Waals surface area contributed by atoms with Crippen LogP contribution in [0.2, 0.25) is 5.02 Å². The fourth-order valence-corrected chi connectivity index (χ4v) is 4.17. The summed E-state index contributed by atoms with van der Waals surface area (Å²) in [6.45, 7) is 0.588. The summed E-state index contributed by atoms with van der Waals surface area (Å²) in [5.74, 6) is 0. The van der Waals surface area contributed by atoms with Crippen molar-refractivity contribution in [3.8, 4) is 0 Å². The van der Waals surface area contributed by atoms with E-state index in [-0.39, 0.29) is 11.5 Å². The summed E-state index contributed by atoms with van der Waals surface area (Å²) in [5.41, 5.74) is -0.858. The molecular weight excluding hydrogens is 370 g/mol. The lowest BCUT2D eigenvalue weighted by atomic mass is 9.93. The van der Waals surface area contributed by atoms with Gasteiger partial charge in [-0.2, -0.15) is 0 Å². The lowest BCUT2D eigenvalue weighted by molar-refractivity contribution is 0.0223. The number of benzene rings is 1. The Labute approximate surface area is 131 Å². The molecular formula is C12H15BrClNO4S. The minimum atomic E-state index is -3.72. The maximum atomic E-state index is 12.4. The minimum absolute atomic E-state index is 0.105. The number of aliphatic hydroxyl groups is 1. The van der Waals surface area contributed by atoms with Crippen molar-refractivity contribution in [2.45, 2.75) is 23.3 Å². The Balaban J connectivity index is 2.27. The van der Waals surface area contributed by atoms with Crippen molar-refractivity contribution < 1.29 is 18.3 Å². The van der Waals surface area contributed by atoms with Crippen LogP contribution in [0.1, 0.15) is 12.8 Å². The number of rotatable bonds is 4. The molecule has 0 unspecified atom stereocenters. The molecule has 0 aliphatic carbocycles. The molecule has 1 aliphatic rings. The number of hydrogen-bond donors (Lipinski definition) is 2. The number of ether oxygens (including phenoxy) is 1. The van der Waals surface area contributed by atoms with Gasteiger partial charge in [0.05, 0.1) is 22.1 Å². The van der Waals surface area contributed by atoms with Crippen LogP contribution in [0.3, 0.4) is 0 Å². The van der Waals surface area contributed by atoms with E-state index < -0.39 is 15.6 Å². The molecule has 0 radical (unpaired) electrons. The van der Waals surface area contributed by atoms with Crippen molar-refractivity contribution in [2.75, 3.05) is 19.8 Å². The van der Waals surface area contributed by atoms with Gasteiger partial charge in [-0.3, -0.25) is 0 Å². The quantitative estimate of drug-likeness (QED) is 0.831. The Morgan fingerprint density at radius 3 is 2.60 bits per heavy atom. The predicted molar refractivity (Wildman–Crippen MR) is 79.3 cm³/mol. The van der Waals surface area contributed by atoms with Gasteiger partial charge in [0.25, 0.3) is 0 Å². The van der Waals surface area contributed by atoms with E-state index >= 15 is 0 Å². The summed E-state index contributed by atoms with van der Waals surface area (Å²) in [7, 11) is -3.72. The van der Waals surface area contributed by atoms with Crippen LogP contribution in [-0.2, 0) is 14.8 Å². The molecule has 1 aromatic carbocycles. The van der Waals surface area contributed by atoms with Crippen molar-refractivity contribution in [1.82, 2.24) is 4.72 Å². The van der Waals surface area contributed by atoms with Gasteiger partial charge in [-0.15, -0.1) is 0 Å². The van der Waals surface area contributed by atoms with Crippen molar-refractivity contribution in [1.29, 1.82) is 0 Å². The fraction of sp³-hybridized carbons (Fsp3) is 0.500. The van der Waals surface area contributed by atoms with Crippen LogP contribution in [0.25, 0.3) is 0 Å². The second kappa shape index (κ2) is 6.29. The summed E-state index contributed by atoms with van der Waals surface area (Å²) in [4.78, 5) is 0.105. The first-order valence-electron chi connectivity index (χ1n) is 6.06. The second-order valence-electron chi connectivity index (χ2n) is 4.73. The molecule has 1 fully saturated rings. The zero-order chi connectivity index (χ0) is 14.8. The van der Waals surface area contributed by atoms with E-state index in [0.717, 1.165) is 0 Å². The van der Waals surface area contributed by atoms with Crippen LogP contribution in [0.4, 0.5) is 0 Å². The summed E-state index contributed by atoms with van der Waals surface area (Å²) < 4.78 is 33.1. The van der Waals surface area contributed by atoms with Crippen LogP contribution in [0.15, 0.2) is 27.6 Å². The van der Waals surface area contributed by atoms with Gasteiger partial charge in [0.2, 0.25) is 10.0 Å². The molecule has 1 aromatic rings. The maximum Gasteiger partial charge on any atom is 0.241 e. The van der Waals surface area contributed by atoms with Gasteiger partial charge in [-0.25, -0.2) is 13.1 Å². The topological polar surface area (TPSA) is 75.6 Å². The van der Waals surface area contributed by atoms with Gasteiger partial charge in [0, 0.05) is 17.7 Å². The zero-order valence-corrected chi connectivity index (χ0v) is 13.8. The third-order valence-corrected chi connectivity index (χ3v) is 6.10. The molecule has 1 saturated heterocycles. The van der Waals surface area contributed by atoms with E-state index in [1.807, 2.05) is 0 Å². The molecule has 8 heteroatoms. The molecule has 1 heterocycles. The highest BCUT2D eigenvalue weighted by atomic mass is 79.9. The number of sulfonamides is 1. The van der Waals surface area contributed by atoms with Gasteiger partial charge in [0.1, 0.15) is 0 Å². The van der Waals surface area contributed by atoms with E-state index in [1.165, 1.54) is 18.2 Å². The Morgan fingerprint density at radius 1 is 1.40 bits per heavy atom. The highest BCUT2D eigenvalue weighted by Crippen LogP contribution is 2.27. The summed E-state index contributed by atoms with van der Waals surface area (Å²) >= 11 is 9.06. The third-order valence-electron chi connectivity index (χ3n) is 3.30. The SMILES string of the molecule is O=S(=O)(NC1(CO)CCOCC1)c1ccc(Cl)c(Br)c1. The molecule has 0 atom stereocenters. The largest absolute Gasteiger partial charge is 0.394 e. The van der Waals surface area contributed by atoms with Crippen LogP contribution in [-0.4, -0.2) is 38.9 Å². The van der Waals surface area contributed by atoms with Crippen molar-refractivity contribution in [3.63, 3.8) is 0 Å². The van der Waals surface area contributed by atoms with Crippen LogP contribution in [0, 0.1) is 0 Å². The lowest BCUT2D eigenvalue weighted by Crippen LogP contribution is -2.54. The molecule has 112 valence electrons. The van der Waals surface area contributed by atoms with Crippen molar-refractivity contribution in [2.24, 2.45) is 0 Å². The van der Waals surface area contributed by atoms with E-state index in [0.29, 0.717) is 35.6 Å². The third kappa shape index (κ3) is 3.52. The molecule has 1 aliphatic heterocycles. The van der Waals surface area contributed by atoms with Gasteiger partial charge in [0.15, 0.2) is 0 Å². The summed E-state index contributed by atoms with van der Waals surface area (Å²) in [6.07, 6.45) is 0.884. The Bertz CT molecular complexity index is 587. The molecule has 0 saturated carbocycles. The van der Waals surface area contributed by atoms with Crippen LogP contribution >= 0.6 is 27.5 Å². The number of hydrogen-bond acceptors (Lipinski definition) is 4. The molecule has 5 nitrogen and oxygen atoms in total. The van der Waals surface area contributed by atoms with Gasteiger partial charge < -0.3 is 9.84 Å². The van der Waals surface area contributed by atoms with E-state index in [1.54, 1.807) is 0 Å². The van der Waals surface area contributed by atoms with E-state index in [2.05, 4.69) is 20.7 Å². The monoisotopic (exact) mass is 383 g/mol. The maximum absolute atomic E-state index is 12.4. The highest BCUT2D eigenvalue weighted by Gasteiger charge is 2.36. The number of halogens is 2. The average Bonchev–Trinajstić information content (AvgIpc) is 2.42. The van der Waals surface area contributed by atoms with E-state index in [9.17, 15) is 13.5 Å². The first-order chi connectivity index (χ1) is 9.38. The van der Waals surface area contributed by atoms with Crippen molar-refractivity contribution in [3.05, 3.63) is 27.7 Å². The van der Waals surface area contributed by atoms with E-state index in [4.69, 9.17) is 16.3 Å². The average molecular weight is 385 g/mol. The lowest BCUT2D eigenvalue weighted by Gasteiger charge is -2.35. The number of aliphatic hydroxyl groups excluding tert-OH is 1. The standard InChI is InChI=1S/C12H15BrClNO4S/c13-10-7-9(1-2-11(10)14)20(17,18)15-12(8-16)3-5-19-6-4-12/h1-2,7,15-16H,3-6,8H2. The Hall–Kier alpha value is -0.180. The van der Waals surface area contributed by atoms with Crippen LogP contribution < -0.4 is 4.72 Å². The molecule has 0 amide bonds. The highest BCUT2D eigenvalue weighted by molar-refractivity contribution is 9.10. The molecule has 2 rings (SSSR count). The molecule has 20 heavy (non-hydrogen) atoms. The van der Waals surface area contributed by atoms with Crippen molar-refractivity contribution >= 4 is 37.6 Å². The van der Waals surface area contributed by atoms with Gasteiger partial charge in [-0.1, -0.05) is 11.6 Å². The van der Waals surface area contributed by atoms with Crippen LogP contribution in [0.5, 0.6) is 0 Å². The fourth-order valence-electron chi connectivity index (χ4n) is 2.04. The molecule has 0 spiro atoms. The Morgan fingerprint density at radius 2 is 2.05 bits per heavy atom. The molecule has 0 aromatic heterocycles. The predicted octanol–water partition coefficient (Wildman–Crippen LogP) is 1.92. The zero-order valence-electron chi connectivity index (χ0n) is 10.6. The normalized spacial score (nSPS) is 18.9. The Kier molecular flexibility index (Phi) is 5.09. The summed E-state index contributed by atoms with van der Waals surface area (Å²) in [5, 5.41) is 9.97. The summed E-state index contributed by atoms with van der Waals surface area (Å²) in [6, 6.07) is 4.38. The van der Waals surface area contributed by atoms with Gasteiger partial charge >= 0.3 is 0 Å². The van der Waals surface area contributed by atoms with Gasteiger partial charge in [-0.05, 0) is 47.0 Å². The second-order valence-corrected chi connectivity index (χ2v) is 7.68. The first kappa shape index (κ1) is 16.2. The molecule has 0 bridgehead atoms. The number of nitrogens with one attached hydrogen (secondary N) is 1. The molecule has 2 N–H and O–H groups in total. The first-order valence-corrected chi connectivity index (χ1v) is 8.72. The minimum Gasteiger partial charge on any atom is -0.394 e. The smallest absolute Gasteiger partial charge is 0.241 e.